The molecular formula is C12H19ClN2S. The highest BCUT2D eigenvalue weighted by molar-refractivity contribution is 7.98. The van der Waals surface area contributed by atoms with Gasteiger partial charge >= 0.3 is 0 Å². The zero-order valence-electron chi connectivity index (χ0n) is 10.2. The Morgan fingerprint density at radius 1 is 1.44 bits per heavy atom. The maximum absolute atomic E-state index is 5.89. The quantitative estimate of drug-likeness (QED) is 0.729. The Bertz CT molecular complexity index is 309. The van der Waals surface area contributed by atoms with Crippen LogP contribution in [0.2, 0.25) is 0 Å². The lowest BCUT2D eigenvalue weighted by atomic mass is 10.2. The molecule has 1 aromatic rings. The topological polar surface area (TPSA) is 16.1 Å². The number of pyridine rings is 1. The Labute approximate surface area is 107 Å². The second-order valence-electron chi connectivity index (χ2n) is 3.73. The van der Waals surface area contributed by atoms with Gasteiger partial charge in [0.15, 0.2) is 0 Å². The lowest BCUT2D eigenvalue weighted by Crippen LogP contribution is -2.21. The van der Waals surface area contributed by atoms with Crippen molar-refractivity contribution in [1.82, 2.24) is 4.98 Å². The average molecular weight is 259 g/mol. The molecule has 0 bridgehead atoms. The molecule has 0 spiro atoms. The van der Waals surface area contributed by atoms with Crippen LogP contribution in [0, 0.1) is 0 Å². The van der Waals surface area contributed by atoms with Crippen LogP contribution in [0.4, 0.5) is 5.82 Å². The summed E-state index contributed by atoms with van der Waals surface area (Å²) in [7, 11) is 2.08. The van der Waals surface area contributed by atoms with Gasteiger partial charge in [-0.15, -0.1) is 11.6 Å². The van der Waals surface area contributed by atoms with Gasteiger partial charge < -0.3 is 4.90 Å². The molecule has 0 aliphatic heterocycles. The minimum atomic E-state index is 0.554. The van der Waals surface area contributed by atoms with Crippen molar-refractivity contribution in [3.8, 4) is 0 Å². The maximum Gasteiger partial charge on any atom is 0.128 e. The summed E-state index contributed by atoms with van der Waals surface area (Å²) in [5, 5.41) is 0. The Morgan fingerprint density at radius 3 is 2.75 bits per heavy atom. The van der Waals surface area contributed by atoms with Crippen LogP contribution in [0.5, 0.6) is 0 Å². The van der Waals surface area contributed by atoms with E-state index in [1.165, 1.54) is 0 Å². The van der Waals surface area contributed by atoms with Crippen LogP contribution >= 0.6 is 23.4 Å². The van der Waals surface area contributed by atoms with Crippen LogP contribution in [0.25, 0.3) is 0 Å². The molecule has 0 amide bonds. The molecule has 16 heavy (non-hydrogen) atoms. The third kappa shape index (κ3) is 3.87. The Morgan fingerprint density at radius 2 is 2.19 bits per heavy atom. The van der Waals surface area contributed by atoms with E-state index in [-0.39, 0.29) is 0 Å². The van der Waals surface area contributed by atoms with E-state index in [4.69, 9.17) is 11.6 Å². The van der Waals surface area contributed by atoms with Crippen molar-refractivity contribution in [2.24, 2.45) is 0 Å². The number of aromatic nitrogens is 1. The fourth-order valence-corrected chi connectivity index (χ4v) is 2.04. The van der Waals surface area contributed by atoms with Crippen molar-refractivity contribution in [3.63, 3.8) is 0 Å². The molecule has 1 aromatic heterocycles. The summed E-state index contributed by atoms with van der Waals surface area (Å²) in [4.78, 5) is 6.80. The first kappa shape index (κ1) is 13.7. The summed E-state index contributed by atoms with van der Waals surface area (Å²) in [5.41, 5.74) is 2.27. The first-order valence-electron chi connectivity index (χ1n) is 5.47. The van der Waals surface area contributed by atoms with E-state index < -0.39 is 0 Å². The van der Waals surface area contributed by atoms with Crippen molar-refractivity contribution in [3.05, 3.63) is 23.4 Å². The second kappa shape index (κ2) is 7.02. The molecule has 0 atom stereocenters. The van der Waals surface area contributed by atoms with E-state index in [9.17, 15) is 0 Å². The number of alkyl halides is 1. The molecule has 1 rings (SSSR count). The van der Waals surface area contributed by atoms with Crippen molar-refractivity contribution in [1.29, 1.82) is 0 Å². The van der Waals surface area contributed by atoms with E-state index in [0.717, 1.165) is 35.8 Å². The van der Waals surface area contributed by atoms with Crippen molar-refractivity contribution in [2.45, 2.75) is 19.2 Å². The summed E-state index contributed by atoms with van der Waals surface area (Å²) in [6.07, 6.45) is 3.07. The molecule has 4 heteroatoms. The van der Waals surface area contributed by atoms with Crippen molar-refractivity contribution >= 4 is 29.2 Å². The van der Waals surface area contributed by atoms with Crippen LogP contribution in [-0.2, 0) is 12.3 Å². The van der Waals surface area contributed by atoms with Gasteiger partial charge in [-0.25, -0.2) is 4.98 Å². The molecule has 0 radical (unpaired) electrons. The van der Waals surface area contributed by atoms with Gasteiger partial charge in [0, 0.05) is 30.9 Å². The Balaban J connectivity index is 2.85. The van der Waals surface area contributed by atoms with Crippen LogP contribution in [-0.4, -0.2) is 30.6 Å². The average Bonchev–Trinajstić information content (AvgIpc) is 2.35. The molecule has 0 aliphatic rings. The first-order chi connectivity index (χ1) is 7.71. The molecule has 90 valence electrons. The standard InChI is InChI=1S/C12H19ClN2S/c1-4-11-7-10(9-13)8-12(14-11)15(2)5-6-16-3/h7-8H,4-6,9H2,1-3H3. The predicted octanol–water partition coefficient (Wildman–Crippen LogP) is 3.18. The number of rotatable bonds is 6. The Hall–Kier alpha value is -0.410. The van der Waals surface area contributed by atoms with Gasteiger partial charge in [-0.05, 0) is 30.4 Å². The summed E-state index contributed by atoms with van der Waals surface area (Å²) in [6.45, 7) is 3.13. The van der Waals surface area contributed by atoms with E-state index in [0.29, 0.717) is 5.88 Å². The number of hydrogen-bond donors (Lipinski definition) is 0. The smallest absolute Gasteiger partial charge is 0.128 e. The van der Waals surface area contributed by atoms with Gasteiger partial charge in [0.1, 0.15) is 5.82 Å². The van der Waals surface area contributed by atoms with Crippen LogP contribution in [0.15, 0.2) is 12.1 Å². The van der Waals surface area contributed by atoms with Gasteiger partial charge in [-0.1, -0.05) is 6.92 Å². The summed E-state index contributed by atoms with van der Waals surface area (Å²) < 4.78 is 0. The highest BCUT2D eigenvalue weighted by atomic mass is 35.5. The van der Waals surface area contributed by atoms with Crippen LogP contribution in [0.1, 0.15) is 18.2 Å². The van der Waals surface area contributed by atoms with Crippen LogP contribution < -0.4 is 4.90 Å². The lowest BCUT2D eigenvalue weighted by Gasteiger charge is -2.19. The summed E-state index contributed by atoms with van der Waals surface area (Å²) in [6, 6.07) is 4.16. The number of hydrogen-bond acceptors (Lipinski definition) is 3. The fraction of sp³-hybridized carbons (Fsp3) is 0.583. The molecule has 0 aromatic carbocycles. The maximum atomic E-state index is 5.89. The van der Waals surface area contributed by atoms with Crippen molar-refractivity contribution in [2.75, 3.05) is 30.5 Å². The zero-order valence-corrected chi connectivity index (χ0v) is 11.7. The normalized spacial score (nSPS) is 10.5. The predicted molar refractivity (Wildman–Crippen MR) is 74.8 cm³/mol. The molecule has 2 nitrogen and oxygen atoms in total. The third-order valence-electron chi connectivity index (χ3n) is 2.46. The SMILES string of the molecule is CCc1cc(CCl)cc(N(C)CCSC)n1. The molecule has 0 saturated carbocycles. The van der Waals surface area contributed by atoms with E-state index in [1.54, 1.807) is 0 Å². The van der Waals surface area contributed by atoms with Gasteiger partial charge in [-0.3, -0.25) is 0 Å². The summed E-state index contributed by atoms with van der Waals surface area (Å²) in [5.74, 6) is 2.70. The molecule has 1 heterocycles. The fourth-order valence-electron chi connectivity index (χ4n) is 1.43. The largest absolute Gasteiger partial charge is 0.359 e. The molecular weight excluding hydrogens is 240 g/mol. The highest BCUT2D eigenvalue weighted by Crippen LogP contribution is 2.16. The lowest BCUT2D eigenvalue weighted by molar-refractivity contribution is 0.917. The number of halogens is 1. The minimum absolute atomic E-state index is 0.554. The zero-order chi connectivity index (χ0) is 12.0. The van der Waals surface area contributed by atoms with E-state index in [2.05, 4.69) is 42.2 Å². The molecule has 0 saturated heterocycles. The number of aryl methyl sites for hydroxylation is 1. The van der Waals surface area contributed by atoms with Crippen LogP contribution in [0.3, 0.4) is 0 Å². The van der Waals surface area contributed by atoms with E-state index in [1.807, 2.05) is 11.8 Å². The molecule has 0 unspecified atom stereocenters. The first-order valence-corrected chi connectivity index (χ1v) is 7.40. The van der Waals surface area contributed by atoms with Gasteiger partial charge in [-0.2, -0.15) is 11.8 Å². The molecule has 0 aliphatic carbocycles. The van der Waals surface area contributed by atoms with E-state index >= 15 is 0 Å². The highest BCUT2D eigenvalue weighted by Gasteiger charge is 2.05. The monoisotopic (exact) mass is 258 g/mol. The summed E-state index contributed by atoms with van der Waals surface area (Å²) >= 11 is 7.74. The Kier molecular flexibility index (Phi) is 5.99. The number of thioether (sulfide) groups is 1. The van der Waals surface area contributed by atoms with Gasteiger partial charge in [0.25, 0.3) is 0 Å². The van der Waals surface area contributed by atoms with Crippen molar-refractivity contribution < 1.29 is 0 Å². The van der Waals surface area contributed by atoms with Gasteiger partial charge in [0.2, 0.25) is 0 Å². The molecule has 0 fully saturated rings. The van der Waals surface area contributed by atoms with Gasteiger partial charge in [0.05, 0.1) is 0 Å². The minimum Gasteiger partial charge on any atom is -0.359 e. The third-order valence-corrected chi connectivity index (χ3v) is 3.36. The number of nitrogens with zero attached hydrogens (tertiary/aromatic N) is 2. The molecule has 0 N–H and O–H groups in total. The number of anilines is 1. The second-order valence-corrected chi connectivity index (χ2v) is 4.98.